The van der Waals surface area contributed by atoms with E-state index in [9.17, 15) is 14.4 Å². The van der Waals surface area contributed by atoms with E-state index in [1.54, 1.807) is 0 Å². The first-order chi connectivity index (χ1) is 10.7. The fourth-order valence-electron chi connectivity index (χ4n) is 2.06. The molecule has 124 valence electrons. The minimum absolute atomic E-state index is 0.107. The van der Waals surface area contributed by atoms with Gasteiger partial charge in [-0.05, 0) is 5.92 Å². The van der Waals surface area contributed by atoms with E-state index in [2.05, 4.69) is 5.32 Å². The Morgan fingerprint density at radius 2 is 1.39 bits per heavy atom. The number of imide groups is 1. The average Bonchev–Trinajstić information content (AvgIpc) is 2.73. The number of halogens is 4. The van der Waals surface area contributed by atoms with Gasteiger partial charge >= 0.3 is 0 Å². The molecule has 0 saturated heterocycles. The van der Waals surface area contributed by atoms with Crippen molar-refractivity contribution in [1.29, 1.82) is 0 Å². The fraction of sp³-hybridized carbons (Fsp3) is 0.357. The highest BCUT2D eigenvalue weighted by molar-refractivity contribution is 6.55. The van der Waals surface area contributed by atoms with Gasteiger partial charge in [0, 0.05) is 6.54 Å². The molecule has 1 heterocycles. The van der Waals surface area contributed by atoms with E-state index < -0.39 is 24.3 Å². The maximum Gasteiger partial charge on any atom is 0.263 e. The molecule has 1 aromatic rings. The number of benzene rings is 1. The number of carbonyl (C=O) groups excluding carboxylic acids is 3. The summed E-state index contributed by atoms with van der Waals surface area (Å²) in [6, 6.07) is 0. The number of hydrogen-bond acceptors (Lipinski definition) is 3. The molecule has 1 aliphatic heterocycles. The molecule has 0 unspecified atom stereocenters. The summed E-state index contributed by atoms with van der Waals surface area (Å²) >= 11 is 23.8. The van der Waals surface area contributed by atoms with Crippen LogP contribution in [0.15, 0.2) is 0 Å². The van der Waals surface area contributed by atoms with Crippen LogP contribution in [0.1, 0.15) is 34.6 Å². The van der Waals surface area contributed by atoms with Gasteiger partial charge in [0.2, 0.25) is 5.91 Å². The zero-order valence-corrected chi connectivity index (χ0v) is 15.2. The molecule has 0 atom stereocenters. The molecule has 3 amide bonds. The molecule has 2 rings (SSSR count). The minimum Gasteiger partial charge on any atom is -0.354 e. The Labute approximate surface area is 152 Å². The lowest BCUT2D eigenvalue weighted by Crippen LogP contribution is -2.41. The lowest BCUT2D eigenvalue weighted by Gasteiger charge is -2.14. The van der Waals surface area contributed by atoms with Gasteiger partial charge in [0.1, 0.15) is 6.54 Å². The second-order valence-electron chi connectivity index (χ2n) is 5.40. The molecule has 0 aliphatic carbocycles. The van der Waals surface area contributed by atoms with Gasteiger partial charge < -0.3 is 5.32 Å². The Morgan fingerprint density at radius 1 is 0.957 bits per heavy atom. The topological polar surface area (TPSA) is 66.5 Å². The third kappa shape index (κ3) is 3.29. The normalized spacial score (nSPS) is 13.8. The van der Waals surface area contributed by atoms with E-state index in [0.29, 0.717) is 6.54 Å². The summed E-state index contributed by atoms with van der Waals surface area (Å²) in [6.07, 6.45) is 0. The van der Waals surface area contributed by atoms with E-state index >= 15 is 0 Å². The summed E-state index contributed by atoms with van der Waals surface area (Å²) in [5, 5.41) is 2.11. The first-order valence-electron chi connectivity index (χ1n) is 6.65. The minimum atomic E-state index is -0.727. The van der Waals surface area contributed by atoms with Gasteiger partial charge in [0.05, 0.1) is 31.2 Å². The highest BCUT2D eigenvalue weighted by Crippen LogP contribution is 2.44. The number of nitrogens with one attached hydrogen (secondary N) is 1. The Balaban J connectivity index is 2.33. The number of amides is 3. The standard InChI is InChI=1S/C14H12Cl4N2O3/c1-5(2)3-19-6(21)4-20-13(22)7-8(14(20)23)10(16)12(18)11(17)9(7)15/h5H,3-4H2,1-2H3,(H,19,21). The molecule has 0 aromatic heterocycles. The van der Waals surface area contributed by atoms with Gasteiger partial charge in [-0.3, -0.25) is 19.3 Å². The Morgan fingerprint density at radius 3 is 1.78 bits per heavy atom. The largest absolute Gasteiger partial charge is 0.354 e. The molecule has 0 saturated carbocycles. The molecule has 9 heteroatoms. The van der Waals surface area contributed by atoms with Crippen molar-refractivity contribution in [3.05, 3.63) is 31.2 Å². The summed E-state index contributed by atoms with van der Waals surface area (Å²) in [5.41, 5.74) is -0.263. The van der Waals surface area contributed by atoms with Crippen LogP contribution in [0.4, 0.5) is 0 Å². The van der Waals surface area contributed by atoms with E-state index in [1.807, 2.05) is 13.8 Å². The van der Waals surface area contributed by atoms with Crippen molar-refractivity contribution in [3.63, 3.8) is 0 Å². The number of fused-ring (bicyclic) bond motifs is 1. The first-order valence-corrected chi connectivity index (χ1v) is 8.16. The van der Waals surface area contributed by atoms with Crippen LogP contribution in [0.2, 0.25) is 20.1 Å². The highest BCUT2D eigenvalue weighted by atomic mass is 35.5. The van der Waals surface area contributed by atoms with Crippen LogP contribution < -0.4 is 5.32 Å². The third-order valence-corrected chi connectivity index (χ3v) is 5.00. The van der Waals surface area contributed by atoms with E-state index in [0.717, 1.165) is 4.90 Å². The van der Waals surface area contributed by atoms with E-state index in [1.165, 1.54) is 0 Å². The maximum absolute atomic E-state index is 12.4. The lowest BCUT2D eigenvalue weighted by molar-refractivity contribution is -0.121. The van der Waals surface area contributed by atoms with Crippen LogP contribution in [0.25, 0.3) is 0 Å². The number of hydrogen-bond donors (Lipinski definition) is 1. The van der Waals surface area contributed by atoms with Crippen LogP contribution in [-0.4, -0.2) is 35.7 Å². The quantitative estimate of drug-likeness (QED) is 0.478. The average molecular weight is 398 g/mol. The summed E-state index contributed by atoms with van der Waals surface area (Å²) in [6.45, 7) is 3.85. The van der Waals surface area contributed by atoms with Gasteiger partial charge in [-0.2, -0.15) is 0 Å². The van der Waals surface area contributed by atoms with E-state index in [4.69, 9.17) is 46.4 Å². The smallest absolute Gasteiger partial charge is 0.263 e. The van der Waals surface area contributed by atoms with Crippen LogP contribution >= 0.6 is 46.4 Å². The first kappa shape index (κ1) is 18.3. The number of nitrogens with zero attached hydrogens (tertiary/aromatic N) is 1. The zero-order chi connectivity index (χ0) is 17.5. The molecular formula is C14H12Cl4N2O3. The summed E-state index contributed by atoms with van der Waals surface area (Å²) in [7, 11) is 0. The second kappa shape index (κ2) is 6.85. The molecule has 0 bridgehead atoms. The molecule has 0 fully saturated rings. The predicted molar refractivity (Wildman–Crippen MR) is 89.7 cm³/mol. The van der Waals surface area contributed by atoms with Crippen molar-refractivity contribution in [1.82, 2.24) is 10.2 Å². The van der Waals surface area contributed by atoms with Crippen LogP contribution in [0.3, 0.4) is 0 Å². The number of rotatable bonds is 4. The van der Waals surface area contributed by atoms with Gasteiger partial charge in [-0.15, -0.1) is 0 Å². The molecule has 23 heavy (non-hydrogen) atoms. The Kier molecular flexibility index (Phi) is 5.46. The van der Waals surface area contributed by atoms with Crippen molar-refractivity contribution in [2.24, 2.45) is 5.92 Å². The van der Waals surface area contributed by atoms with Gasteiger partial charge in [0.15, 0.2) is 0 Å². The maximum atomic E-state index is 12.4. The predicted octanol–water partition coefficient (Wildman–Crippen LogP) is 3.67. The summed E-state index contributed by atoms with van der Waals surface area (Å²) in [4.78, 5) is 37.4. The Bertz CT molecular complexity index is 672. The summed E-state index contributed by atoms with van der Waals surface area (Å²) < 4.78 is 0. The van der Waals surface area contributed by atoms with Crippen molar-refractivity contribution < 1.29 is 14.4 Å². The van der Waals surface area contributed by atoms with Crippen molar-refractivity contribution in [3.8, 4) is 0 Å². The monoisotopic (exact) mass is 396 g/mol. The molecule has 1 aliphatic rings. The molecule has 0 radical (unpaired) electrons. The van der Waals surface area contributed by atoms with Crippen LogP contribution in [0, 0.1) is 5.92 Å². The number of carbonyl (C=O) groups is 3. The van der Waals surface area contributed by atoms with Crippen molar-refractivity contribution >= 4 is 64.1 Å². The highest BCUT2D eigenvalue weighted by Gasteiger charge is 2.42. The van der Waals surface area contributed by atoms with Crippen molar-refractivity contribution in [2.45, 2.75) is 13.8 Å². The Hall–Kier alpha value is -1.01. The molecule has 1 aromatic carbocycles. The van der Waals surface area contributed by atoms with Crippen LogP contribution in [0.5, 0.6) is 0 Å². The zero-order valence-electron chi connectivity index (χ0n) is 12.2. The molecular weight excluding hydrogens is 386 g/mol. The molecule has 5 nitrogen and oxygen atoms in total. The SMILES string of the molecule is CC(C)CNC(=O)CN1C(=O)c2c(Cl)c(Cl)c(Cl)c(Cl)c2C1=O. The summed E-state index contributed by atoms with van der Waals surface area (Å²) in [5.74, 6) is -1.68. The third-order valence-electron chi connectivity index (χ3n) is 3.19. The van der Waals surface area contributed by atoms with Crippen molar-refractivity contribution in [2.75, 3.05) is 13.1 Å². The molecule has 1 N–H and O–H groups in total. The second-order valence-corrected chi connectivity index (χ2v) is 6.91. The molecule has 0 spiro atoms. The van der Waals surface area contributed by atoms with Gasteiger partial charge in [0.25, 0.3) is 11.8 Å². The van der Waals surface area contributed by atoms with Gasteiger partial charge in [-0.1, -0.05) is 60.3 Å². The lowest BCUT2D eigenvalue weighted by atomic mass is 10.1. The van der Waals surface area contributed by atoms with Gasteiger partial charge in [-0.25, -0.2) is 0 Å². The van der Waals surface area contributed by atoms with Crippen LogP contribution in [-0.2, 0) is 4.79 Å². The van der Waals surface area contributed by atoms with E-state index in [-0.39, 0.29) is 37.1 Å². The fourth-order valence-corrected chi connectivity index (χ4v) is 3.07.